The molecule has 3 aromatic carbocycles. The molecule has 38 heavy (non-hydrogen) atoms. The average Bonchev–Trinajstić information content (AvgIpc) is 3.44. The molecule has 7 nitrogen and oxygen atoms in total. The molecule has 4 rings (SSSR count). The zero-order valence-electron chi connectivity index (χ0n) is 22.1. The van der Waals surface area contributed by atoms with Crippen LogP contribution >= 0.6 is 0 Å². The molecule has 1 aliphatic rings. The first-order chi connectivity index (χ1) is 18.4. The van der Waals surface area contributed by atoms with Gasteiger partial charge in [-0.05, 0) is 61.7 Å². The zero-order valence-corrected chi connectivity index (χ0v) is 22.1. The van der Waals surface area contributed by atoms with Crippen LogP contribution in [0.1, 0.15) is 53.2 Å². The second kappa shape index (κ2) is 12.0. The number of amides is 2. The molecule has 3 aromatic rings. The van der Waals surface area contributed by atoms with E-state index < -0.39 is 17.8 Å². The van der Waals surface area contributed by atoms with Gasteiger partial charge in [-0.1, -0.05) is 42.7 Å². The molecule has 0 bridgehead atoms. The Labute approximate surface area is 222 Å². The van der Waals surface area contributed by atoms with Crippen molar-refractivity contribution in [1.29, 1.82) is 0 Å². The van der Waals surface area contributed by atoms with E-state index in [4.69, 9.17) is 14.2 Å². The second-order valence-electron chi connectivity index (χ2n) is 9.37. The molecule has 0 unspecified atom stereocenters. The standard InChI is InChI=1S/C30H33FN2O5/c1-19-9-15-24(16-10-19)33(30(35)21-17-25(36-2)28(38-4)26(18-21)37-3)27(20-11-13-22(31)14-12-20)29(34)32-23-7-5-6-8-23/h9-18,23,27H,5-8H2,1-4H3,(H,32,34)/t27-/m0/s1. The summed E-state index contributed by atoms with van der Waals surface area (Å²) >= 11 is 0. The molecular weight excluding hydrogens is 487 g/mol. The molecule has 200 valence electrons. The molecule has 0 saturated heterocycles. The Morgan fingerprint density at radius 1 is 0.895 bits per heavy atom. The summed E-state index contributed by atoms with van der Waals surface area (Å²) in [6, 6.07) is 15.1. The van der Waals surface area contributed by atoms with Gasteiger partial charge in [0, 0.05) is 17.3 Å². The minimum Gasteiger partial charge on any atom is -0.493 e. The summed E-state index contributed by atoms with van der Waals surface area (Å²) < 4.78 is 30.2. The summed E-state index contributed by atoms with van der Waals surface area (Å²) in [6.45, 7) is 1.94. The molecule has 1 aliphatic carbocycles. The summed E-state index contributed by atoms with van der Waals surface area (Å²) in [5.74, 6) is -0.237. The number of ether oxygens (including phenoxy) is 3. The van der Waals surface area contributed by atoms with E-state index >= 15 is 0 Å². The van der Waals surface area contributed by atoms with Crippen LogP contribution in [0.25, 0.3) is 0 Å². The number of benzene rings is 3. The lowest BCUT2D eigenvalue weighted by Gasteiger charge is -2.32. The molecule has 1 atom stereocenters. The van der Waals surface area contributed by atoms with Crippen molar-refractivity contribution in [2.24, 2.45) is 0 Å². The largest absolute Gasteiger partial charge is 0.493 e. The van der Waals surface area contributed by atoms with Crippen LogP contribution < -0.4 is 24.4 Å². The number of aryl methyl sites for hydroxylation is 1. The van der Waals surface area contributed by atoms with E-state index in [1.807, 2.05) is 19.1 Å². The monoisotopic (exact) mass is 520 g/mol. The highest BCUT2D eigenvalue weighted by atomic mass is 19.1. The van der Waals surface area contributed by atoms with Gasteiger partial charge in [0.05, 0.1) is 21.3 Å². The first kappa shape index (κ1) is 27.0. The Morgan fingerprint density at radius 3 is 2.00 bits per heavy atom. The van der Waals surface area contributed by atoms with Gasteiger partial charge in [0.15, 0.2) is 11.5 Å². The van der Waals surface area contributed by atoms with E-state index in [1.165, 1.54) is 50.5 Å². The molecule has 0 aliphatic heterocycles. The number of carbonyl (C=O) groups excluding carboxylic acids is 2. The third kappa shape index (κ3) is 5.74. The van der Waals surface area contributed by atoms with Gasteiger partial charge in [-0.25, -0.2) is 4.39 Å². The lowest BCUT2D eigenvalue weighted by molar-refractivity contribution is -0.123. The molecule has 0 radical (unpaired) electrons. The van der Waals surface area contributed by atoms with Gasteiger partial charge < -0.3 is 19.5 Å². The van der Waals surface area contributed by atoms with Crippen LogP contribution in [-0.2, 0) is 4.79 Å². The van der Waals surface area contributed by atoms with Crippen molar-refractivity contribution >= 4 is 17.5 Å². The van der Waals surface area contributed by atoms with Crippen molar-refractivity contribution in [2.75, 3.05) is 26.2 Å². The van der Waals surface area contributed by atoms with Crippen LogP contribution in [0.15, 0.2) is 60.7 Å². The maximum absolute atomic E-state index is 14.3. The summed E-state index contributed by atoms with van der Waals surface area (Å²) in [5.41, 5.74) is 2.25. The zero-order chi connectivity index (χ0) is 27.2. The van der Waals surface area contributed by atoms with E-state index in [1.54, 1.807) is 24.3 Å². The van der Waals surface area contributed by atoms with Crippen LogP contribution in [-0.4, -0.2) is 39.2 Å². The number of rotatable bonds is 9. The van der Waals surface area contributed by atoms with Gasteiger partial charge in [0.1, 0.15) is 11.9 Å². The normalized spacial score (nSPS) is 14.0. The van der Waals surface area contributed by atoms with E-state index in [0.29, 0.717) is 28.5 Å². The molecule has 0 spiro atoms. The Balaban J connectivity index is 1.87. The van der Waals surface area contributed by atoms with Gasteiger partial charge in [-0.3, -0.25) is 14.5 Å². The van der Waals surface area contributed by atoms with Gasteiger partial charge in [0.2, 0.25) is 11.7 Å². The SMILES string of the molecule is COc1cc(C(=O)N(c2ccc(C)cc2)[C@H](C(=O)NC2CCCC2)c2ccc(F)cc2)cc(OC)c1OC. The van der Waals surface area contributed by atoms with Crippen LogP contribution in [0, 0.1) is 12.7 Å². The highest BCUT2D eigenvalue weighted by Crippen LogP contribution is 2.40. The number of halogens is 1. The summed E-state index contributed by atoms with van der Waals surface area (Å²) in [4.78, 5) is 29.6. The van der Waals surface area contributed by atoms with Crippen LogP contribution in [0.2, 0.25) is 0 Å². The van der Waals surface area contributed by atoms with Crippen LogP contribution in [0.3, 0.4) is 0 Å². The van der Waals surface area contributed by atoms with Crippen molar-refractivity contribution in [3.8, 4) is 17.2 Å². The van der Waals surface area contributed by atoms with Crippen molar-refractivity contribution in [3.05, 3.63) is 83.2 Å². The quantitative estimate of drug-likeness (QED) is 0.397. The first-order valence-electron chi connectivity index (χ1n) is 12.6. The molecule has 0 heterocycles. The maximum Gasteiger partial charge on any atom is 0.259 e. The Kier molecular flexibility index (Phi) is 8.51. The fraction of sp³-hybridized carbons (Fsp3) is 0.333. The third-order valence-corrected chi connectivity index (χ3v) is 6.84. The maximum atomic E-state index is 14.3. The number of nitrogens with zero attached hydrogens (tertiary/aromatic N) is 1. The summed E-state index contributed by atoms with van der Waals surface area (Å²) in [7, 11) is 4.43. The molecular formula is C30H33FN2O5. The van der Waals surface area contributed by atoms with Crippen molar-refractivity contribution < 1.29 is 28.2 Å². The molecule has 8 heteroatoms. The number of methoxy groups -OCH3 is 3. The number of carbonyl (C=O) groups is 2. The number of hydrogen-bond donors (Lipinski definition) is 1. The fourth-order valence-corrected chi connectivity index (χ4v) is 4.85. The minimum atomic E-state index is -1.05. The number of nitrogens with one attached hydrogen (secondary N) is 1. The highest BCUT2D eigenvalue weighted by Gasteiger charge is 2.35. The van der Waals surface area contributed by atoms with Gasteiger partial charge in [-0.2, -0.15) is 0 Å². The van der Waals surface area contributed by atoms with Crippen molar-refractivity contribution in [3.63, 3.8) is 0 Å². The van der Waals surface area contributed by atoms with Gasteiger partial charge in [-0.15, -0.1) is 0 Å². The highest BCUT2D eigenvalue weighted by molar-refractivity contribution is 6.10. The molecule has 0 aromatic heterocycles. The predicted octanol–water partition coefficient (Wildman–Crippen LogP) is 5.61. The fourth-order valence-electron chi connectivity index (χ4n) is 4.85. The lowest BCUT2D eigenvalue weighted by Crippen LogP contribution is -2.46. The van der Waals surface area contributed by atoms with E-state index in [0.717, 1.165) is 31.2 Å². The first-order valence-corrected chi connectivity index (χ1v) is 12.6. The minimum absolute atomic E-state index is 0.0293. The predicted molar refractivity (Wildman–Crippen MR) is 144 cm³/mol. The summed E-state index contributed by atoms with van der Waals surface area (Å²) in [6.07, 6.45) is 3.84. The van der Waals surface area contributed by atoms with Gasteiger partial charge >= 0.3 is 0 Å². The molecule has 1 saturated carbocycles. The average molecular weight is 521 g/mol. The van der Waals surface area contributed by atoms with E-state index in [9.17, 15) is 14.0 Å². The number of hydrogen-bond acceptors (Lipinski definition) is 5. The van der Waals surface area contributed by atoms with Crippen LogP contribution in [0.4, 0.5) is 10.1 Å². The van der Waals surface area contributed by atoms with Gasteiger partial charge in [0.25, 0.3) is 5.91 Å². The summed E-state index contributed by atoms with van der Waals surface area (Å²) in [5, 5.41) is 3.13. The molecule has 1 fully saturated rings. The lowest BCUT2D eigenvalue weighted by atomic mass is 10.0. The third-order valence-electron chi connectivity index (χ3n) is 6.84. The van der Waals surface area contributed by atoms with Crippen LogP contribution in [0.5, 0.6) is 17.2 Å². The van der Waals surface area contributed by atoms with E-state index in [-0.39, 0.29) is 17.5 Å². The molecule has 2 amide bonds. The Bertz CT molecular complexity index is 1250. The Morgan fingerprint density at radius 2 is 1.47 bits per heavy atom. The molecule has 1 N–H and O–H groups in total. The second-order valence-corrected chi connectivity index (χ2v) is 9.37. The van der Waals surface area contributed by atoms with Crippen molar-refractivity contribution in [2.45, 2.75) is 44.7 Å². The topological polar surface area (TPSA) is 77.1 Å². The smallest absolute Gasteiger partial charge is 0.259 e. The van der Waals surface area contributed by atoms with Crippen molar-refractivity contribution in [1.82, 2.24) is 5.32 Å². The number of anilines is 1. The van der Waals surface area contributed by atoms with E-state index in [2.05, 4.69) is 5.32 Å². The Hall–Kier alpha value is -4.07.